The third-order valence-electron chi connectivity index (χ3n) is 6.19. The number of fused-ring (bicyclic) bond motifs is 5. The molecule has 160 valence electrons. The zero-order valence-corrected chi connectivity index (χ0v) is 16.9. The van der Waals surface area contributed by atoms with Gasteiger partial charge in [-0.3, -0.25) is 4.79 Å². The average Bonchev–Trinajstić information content (AvgIpc) is 3.11. The molecule has 0 bridgehead atoms. The predicted octanol–water partition coefficient (Wildman–Crippen LogP) is 2.28. The molecule has 0 saturated heterocycles. The van der Waals surface area contributed by atoms with Gasteiger partial charge >= 0.3 is 5.97 Å². The highest BCUT2D eigenvalue weighted by Gasteiger charge is 2.34. The van der Waals surface area contributed by atoms with E-state index >= 15 is 0 Å². The van der Waals surface area contributed by atoms with Gasteiger partial charge in [0.2, 0.25) is 0 Å². The molecule has 3 aromatic rings. The van der Waals surface area contributed by atoms with Gasteiger partial charge in [-0.05, 0) is 49.4 Å². The molecule has 1 aromatic carbocycles. The highest BCUT2D eigenvalue weighted by atomic mass is 19.1. The van der Waals surface area contributed by atoms with Crippen LogP contribution in [-0.4, -0.2) is 32.3 Å². The molecule has 2 aliphatic rings. The maximum Gasteiger partial charge on any atom is 0.340 e. The van der Waals surface area contributed by atoms with Crippen molar-refractivity contribution in [1.82, 2.24) is 9.55 Å². The van der Waals surface area contributed by atoms with Gasteiger partial charge < -0.3 is 19.5 Å². The Hall–Kier alpha value is -3.10. The summed E-state index contributed by atoms with van der Waals surface area (Å²) in [7, 11) is 0. The van der Waals surface area contributed by atoms with Crippen LogP contribution in [0.5, 0.6) is 0 Å². The van der Waals surface area contributed by atoms with Gasteiger partial charge in [0.25, 0.3) is 5.56 Å². The first-order valence-corrected chi connectivity index (χ1v) is 10.2. The minimum Gasteiger partial charge on any atom is -0.458 e. The van der Waals surface area contributed by atoms with E-state index in [0.717, 1.165) is 22.9 Å². The number of ether oxygens (including phenoxy) is 1. The van der Waals surface area contributed by atoms with E-state index in [4.69, 9.17) is 4.74 Å². The van der Waals surface area contributed by atoms with E-state index in [1.807, 2.05) is 0 Å². The number of aromatic nitrogens is 2. The van der Waals surface area contributed by atoms with Gasteiger partial charge in [-0.1, -0.05) is 0 Å². The van der Waals surface area contributed by atoms with Crippen molar-refractivity contribution in [3.63, 3.8) is 0 Å². The summed E-state index contributed by atoms with van der Waals surface area (Å²) >= 11 is 0. The summed E-state index contributed by atoms with van der Waals surface area (Å²) < 4.78 is 20.8. The summed E-state index contributed by atoms with van der Waals surface area (Å²) in [5, 5.41) is 20.3. The molecule has 0 radical (unpaired) electrons. The van der Waals surface area contributed by atoms with Crippen LogP contribution in [0.3, 0.4) is 0 Å². The fourth-order valence-electron chi connectivity index (χ4n) is 4.54. The molecule has 5 rings (SSSR count). The lowest BCUT2D eigenvalue weighted by atomic mass is 9.94. The fourth-order valence-corrected chi connectivity index (χ4v) is 4.54. The minimum atomic E-state index is -1.52. The van der Waals surface area contributed by atoms with Gasteiger partial charge in [0.05, 0.1) is 29.0 Å². The summed E-state index contributed by atoms with van der Waals surface area (Å²) in [6, 6.07) is 4.79. The van der Waals surface area contributed by atoms with E-state index in [2.05, 4.69) is 4.98 Å². The maximum atomic E-state index is 14.3. The summed E-state index contributed by atoms with van der Waals surface area (Å²) in [6.07, 6.45) is 0.503. The van der Waals surface area contributed by atoms with Gasteiger partial charge in [0.15, 0.2) is 6.10 Å². The highest BCUT2D eigenvalue weighted by molar-refractivity contribution is 5.89. The van der Waals surface area contributed by atoms with Crippen LogP contribution in [-0.2, 0) is 29.1 Å². The fraction of sp³-hybridized carbons (Fsp3) is 0.348. The number of esters is 1. The summed E-state index contributed by atoms with van der Waals surface area (Å²) in [5.41, 5.74) is 4.07. The van der Waals surface area contributed by atoms with Crippen LogP contribution in [0.15, 0.2) is 23.0 Å². The third kappa shape index (κ3) is 2.97. The second-order valence-electron chi connectivity index (χ2n) is 8.08. The first kappa shape index (κ1) is 19.8. The molecule has 0 fully saturated rings. The zero-order valence-electron chi connectivity index (χ0n) is 16.9. The predicted molar refractivity (Wildman–Crippen MR) is 110 cm³/mol. The third-order valence-corrected chi connectivity index (χ3v) is 6.19. The van der Waals surface area contributed by atoms with Crippen molar-refractivity contribution in [2.75, 3.05) is 6.61 Å². The lowest BCUT2D eigenvalue weighted by Crippen LogP contribution is -2.32. The Kier molecular flexibility index (Phi) is 4.64. The molecule has 2 aliphatic heterocycles. The van der Waals surface area contributed by atoms with E-state index in [9.17, 15) is 24.2 Å². The first-order valence-electron chi connectivity index (χ1n) is 10.2. The molecule has 0 saturated carbocycles. The van der Waals surface area contributed by atoms with Crippen molar-refractivity contribution in [2.45, 2.75) is 45.4 Å². The first-order chi connectivity index (χ1) is 14.9. The van der Waals surface area contributed by atoms with E-state index in [1.165, 1.54) is 6.07 Å². The molecule has 7 nitrogen and oxygen atoms in total. The van der Waals surface area contributed by atoms with Gasteiger partial charge in [0, 0.05) is 29.2 Å². The Labute approximate surface area is 176 Å². The summed E-state index contributed by atoms with van der Waals surface area (Å²) in [4.78, 5) is 29.6. The van der Waals surface area contributed by atoms with Gasteiger partial charge in [-0.25, -0.2) is 14.2 Å². The molecular weight excluding hydrogens is 403 g/mol. The van der Waals surface area contributed by atoms with Crippen LogP contribution >= 0.6 is 0 Å². The smallest absolute Gasteiger partial charge is 0.340 e. The molecule has 0 amide bonds. The number of pyridine rings is 2. The summed E-state index contributed by atoms with van der Waals surface area (Å²) in [6.45, 7) is 1.90. The molecule has 2 N–H and O–H groups in total. The number of benzene rings is 1. The van der Waals surface area contributed by atoms with Gasteiger partial charge in [-0.2, -0.15) is 0 Å². The monoisotopic (exact) mass is 424 g/mol. The molecular formula is C23H21FN2O5. The number of carbonyl (C=O) groups excluding carboxylic acids is 1. The number of aliphatic hydroxyl groups is 2. The molecule has 8 heteroatoms. The number of cyclic esters (lactones) is 1. The highest BCUT2D eigenvalue weighted by Crippen LogP contribution is 2.38. The number of aliphatic hydroxyl groups excluding tert-OH is 2. The van der Waals surface area contributed by atoms with Gasteiger partial charge in [-0.15, -0.1) is 0 Å². The van der Waals surface area contributed by atoms with Crippen molar-refractivity contribution < 1.29 is 24.1 Å². The Morgan fingerprint density at radius 1 is 1.23 bits per heavy atom. The van der Waals surface area contributed by atoms with Crippen LogP contribution < -0.4 is 5.56 Å². The van der Waals surface area contributed by atoms with E-state index in [-0.39, 0.29) is 35.7 Å². The number of hydrogen-bond donors (Lipinski definition) is 2. The van der Waals surface area contributed by atoms with Crippen molar-refractivity contribution in [2.24, 2.45) is 0 Å². The topological polar surface area (TPSA) is 102 Å². The maximum absolute atomic E-state index is 14.3. The molecule has 0 spiro atoms. The second kappa shape index (κ2) is 7.25. The SMILES string of the molecule is Cc1cc2c(CCCCO)c3c(nc2cc1F)-c1cc2c(c(=O)n1C3)COC(=O)C2O. The Morgan fingerprint density at radius 2 is 2.03 bits per heavy atom. The quantitative estimate of drug-likeness (QED) is 0.385. The number of rotatable bonds is 4. The lowest BCUT2D eigenvalue weighted by molar-refractivity contribution is -0.157. The van der Waals surface area contributed by atoms with Crippen LogP contribution in [0.1, 0.15) is 46.8 Å². The zero-order chi connectivity index (χ0) is 21.9. The number of unbranched alkanes of at least 4 members (excludes halogenated alkanes) is 1. The van der Waals surface area contributed by atoms with E-state index in [0.29, 0.717) is 41.9 Å². The lowest BCUT2D eigenvalue weighted by Gasteiger charge is -2.21. The summed E-state index contributed by atoms with van der Waals surface area (Å²) in [5.74, 6) is -1.15. The van der Waals surface area contributed by atoms with E-state index < -0.39 is 12.1 Å². The Bertz CT molecular complexity index is 1310. The van der Waals surface area contributed by atoms with E-state index in [1.54, 1.807) is 23.6 Å². The molecule has 0 aliphatic carbocycles. The standard InChI is InChI=1S/C23H21FN2O5/c1-11-6-13-12(4-2-3-5-27)15-9-26-19(20(15)25-18(13)8-17(11)24)7-14-16(22(26)29)10-31-23(30)21(14)28/h6-8,21,27-28H,2-5,9-10H2,1H3. The van der Waals surface area contributed by atoms with Gasteiger partial charge in [0.1, 0.15) is 12.4 Å². The number of nitrogens with zero attached hydrogens (tertiary/aromatic N) is 2. The molecule has 1 atom stereocenters. The largest absolute Gasteiger partial charge is 0.458 e. The second-order valence-corrected chi connectivity index (χ2v) is 8.08. The molecule has 4 heterocycles. The Balaban J connectivity index is 1.76. The Morgan fingerprint density at radius 3 is 2.81 bits per heavy atom. The normalized spacial score (nSPS) is 16.8. The van der Waals surface area contributed by atoms with Crippen LogP contribution in [0.25, 0.3) is 22.3 Å². The average molecular weight is 424 g/mol. The molecule has 2 aromatic heterocycles. The number of hydrogen-bond acceptors (Lipinski definition) is 6. The van der Waals surface area contributed by atoms with Crippen LogP contribution in [0.2, 0.25) is 0 Å². The van der Waals surface area contributed by atoms with Crippen molar-refractivity contribution in [1.29, 1.82) is 0 Å². The number of carbonyl (C=O) groups is 1. The van der Waals surface area contributed by atoms with Crippen LogP contribution in [0.4, 0.5) is 4.39 Å². The van der Waals surface area contributed by atoms with Crippen molar-refractivity contribution in [3.05, 3.63) is 62.2 Å². The van der Waals surface area contributed by atoms with Crippen LogP contribution in [0, 0.1) is 12.7 Å². The number of halogens is 1. The van der Waals surface area contributed by atoms with Crippen molar-refractivity contribution >= 4 is 16.9 Å². The number of aryl methyl sites for hydroxylation is 2. The van der Waals surface area contributed by atoms with Crippen molar-refractivity contribution in [3.8, 4) is 11.4 Å². The minimum absolute atomic E-state index is 0.0805. The molecule has 1 unspecified atom stereocenters. The molecule has 31 heavy (non-hydrogen) atoms.